The molecule has 0 radical (unpaired) electrons. The average Bonchev–Trinajstić information content (AvgIpc) is 3.41. The number of aliphatic imine (C=N–C) groups is 1. The van der Waals surface area contributed by atoms with Crippen LogP contribution in [-0.2, 0) is 19.5 Å². The first kappa shape index (κ1) is 23.9. The zero-order valence-electron chi connectivity index (χ0n) is 18.5. The molecule has 7 nitrogen and oxygen atoms in total. The van der Waals surface area contributed by atoms with E-state index in [0.29, 0.717) is 13.3 Å². The Bertz CT molecular complexity index is 1050. The van der Waals surface area contributed by atoms with Crippen LogP contribution >= 0.6 is 24.0 Å². The highest BCUT2D eigenvalue weighted by molar-refractivity contribution is 14.0. The Kier molecular flexibility index (Phi) is 8.78. The molecule has 32 heavy (non-hydrogen) atoms. The third-order valence-corrected chi connectivity index (χ3v) is 5.18. The number of nitrogens with zero attached hydrogens (tertiary/aromatic N) is 3. The van der Waals surface area contributed by atoms with Crippen molar-refractivity contribution in [1.82, 2.24) is 20.2 Å². The molecule has 1 aliphatic rings. The lowest BCUT2D eigenvalue weighted by atomic mass is 10.1. The van der Waals surface area contributed by atoms with Crippen molar-refractivity contribution in [3.05, 3.63) is 77.4 Å². The number of rotatable bonds is 8. The summed E-state index contributed by atoms with van der Waals surface area (Å²) in [6.45, 7) is 7.43. The van der Waals surface area contributed by atoms with Crippen molar-refractivity contribution < 1.29 is 9.47 Å². The van der Waals surface area contributed by atoms with Gasteiger partial charge in [-0.15, -0.1) is 24.0 Å². The van der Waals surface area contributed by atoms with Gasteiger partial charge in [0, 0.05) is 32.0 Å². The minimum absolute atomic E-state index is 0. The van der Waals surface area contributed by atoms with Gasteiger partial charge >= 0.3 is 0 Å². The number of nitrogens with one attached hydrogen (secondary N) is 2. The van der Waals surface area contributed by atoms with Crippen LogP contribution in [0.4, 0.5) is 0 Å². The molecule has 0 saturated heterocycles. The topological polar surface area (TPSA) is 72.7 Å². The van der Waals surface area contributed by atoms with E-state index in [9.17, 15) is 0 Å². The standard InChI is InChI=1S/C24H29N5O2.HI/c1-3-25-24(27-10-9-19-7-8-22-23(14-19)31-17-30-22)28-15-20-5-4-6-21(13-20)16-29-12-11-26-18(29)2;/h4-8,11-14H,3,9-10,15-17H2,1-2H3,(H2,25,27,28);1H. The molecule has 0 fully saturated rings. The fourth-order valence-corrected chi connectivity index (χ4v) is 3.53. The lowest BCUT2D eigenvalue weighted by molar-refractivity contribution is 0.174. The van der Waals surface area contributed by atoms with Crippen LogP contribution in [0.3, 0.4) is 0 Å². The summed E-state index contributed by atoms with van der Waals surface area (Å²) in [7, 11) is 0. The highest BCUT2D eigenvalue weighted by atomic mass is 127. The Morgan fingerprint density at radius 3 is 2.72 bits per heavy atom. The van der Waals surface area contributed by atoms with Gasteiger partial charge in [0.05, 0.1) is 6.54 Å². The predicted octanol–water partition coefficient (Wildman–Crippen LogP) is 3.88. The van der Waals surface area contributed by atoms with Crippen molar-refractivity contribution in [1.29, 1.82) is 0 Å². The van der Waals surface area contributed by atoms with Crippen molar-refractivity contribution in [2.24, 2.45) is 4.99 Å². The van der Waals surface area contributed by atoms with Crippen molar-refractivity contribution in [3.8, 4) is 11.5 Å². The van der Waals surface area contributed by atoms with Crippen LogP contribution in [0, 0.1) is 6.92 Å². The Hall–Kier alpha value is -2.75. The molecule has 0 saturated carbocycles. The number of ether oxygens (including phenoxy) is 2. The van der Waals surface area contributed by atoms with E-state index in [0.717, 1.165) is 49.3 Å². The number of aryl methyl sites for hydroxylation is 1. The third-order valence-electron chi connectivity index (χ3n) is 5.18. The molecule has 0 unspecified atom stereocenters. The molecule has 0 spiro atoms. The van der Waals surface area contributed by atoms with Crippen LogP contribution in [0.15, 0.2) is 59.9 Å². The number of benzene rings is 2. The molecule has 0 atom stereocenters. The monoisotopic (exact) mass is 547 g/mol. The maximum Gasteiger partial charge on any atom is 0.231 e. The summed E-state index contributed by atoms with van der Waals surface area (Å²) >= 11 is 0. The first-order valence-electron chi connectivity index (χ1n) is 10.7. The van der Waals surface area contributed by atoms with E-state index >= 15 is 0 Å². The lowest BCUT2D eigenvalue weighted by Crippen LogP contribution is -2.38. The van der Waals surface area contributed by atoms with Crippen LogP contribution in [0.25, 0.3) is 0 Å². The first-order valence-corrected chi connectivity index (χ1v) is 10.7. The van der Waals surface area contributed by atoms with Gasteiger partial charge in [0.25, 0.3) is 0 Å². The molecular weight excluding hydrogens is 517 g/mol. The van der Waals surface area contributed by atoms with Gasteiger partial charge in [-0.25, -0.2) is 9.98 Å². The largest absolute Gasteiger partial charge is 0.454 e. The van der Waals surface area contributed by atoms with Crippen LogP contribution in [0.1, 0.15) is 29.4 Å². The number of fused-ring (bicyclic) bond motifs is 1. The molecule has 0 amide bonds. The SMILES string of the molecule is CCNC(=NCc1cccc(Cn2ccnc2C)c1)NCCc1ccc2c(c1)OCO2.I. The second-order valence-electron chi connectivity index (χ2n) is 7.48. The zero-order valence-corrected chi connectivity index (χ0v) is 20.8. The summed E-state index contributed by atoms with van der Waals surface area (Å²) < 4.78 is 13.0. The molecule has 2 heterocycles. The molecular formula is C24H30IN5O2. The fourth-order valence-electron chi connectivity index (χ4n) is 3.53. The fraction of sp³-hybridized carbons (Fsp3) is 0.333. The molecule has 0 aliphatic carbocycles. The van der Waals surface area contributed by atoms with Gasteiger partial charge in [0.15, 0.2) is 17.5 Å². The van der Waals surface area contributed by atoms with E-state index in [-0.39, 0.29) is 24.0 Å². The molecule has 2 N–H and O–H groups in total. The lowest BCUT2D eigenvalue weighted by Gasteiger charge is -2.12. The van der Waals surface area contributed by atoms with Crippen LogP contribution in [0.2, 0.25) is 0 Å². The third kappa shape index (κ3) is 6.38. The Balaban J connectivity index is 0.00000289. The van der Waals surface area contributed by atoms with E-state index in [1.165, 1.54) is 16.7 Å². The maximum absolute atomic E-state index is 5.46. The second kappa shape index (κ2) is 11.8. The number of imidazole rings is 1. The number of hydrogen-bond donors (Lipinski definition) is 2. The smallest absolute Gasteiger partial charge is 0.231 e. The van der Waals surface area contributed by atoms with E-state index in [1.54, 1.807) is 0 Å². The van der Waals surface area contributed by atoms with Crippen molar-refractivity contribution in [2.75, 3.05) is 19.9 Å². The molecule has 2 aromatic carbocycles. The van der Waals surface area contributed by atoms with Crippen LogP contribution in [0.5, 0.6) is 11.5 Å². The van der Waals surface area contributed by atoms with Crippen molar-refractivity contribution >= 4 is 29.9 Å². The predicted molar refractivity (Wildman–Crippen MR) is 137 cm³/mol. The van der Waals surface area contributed by atoms with Gasteiger partial charge in [0.1, 0.15) is 5.82 Å². The summed E-state index contributed by atoms with van der Waals surface area (Å²) in [5, 5.41) is 6.74. The second-order valence-corrected chi connectivity index (χ2v) is 7.48. The Labute approximate surface area is 206 Å². The average molecular weight is 547 g/mol. The normalized spacial score (nSPS) is 12.4. The molecule has 0 bridgehead atoms. The summed E-state index contributed by atoms with van der Waals surface area (Å²) in [5.74, 6) is 3.48. The maximum atomic E-state index is 5.46. The van der Waals surface area contributed by atoms with E-state index in [2.05, 4.69) is 57.4 Å². The number of hydrogen-bond acceptors (Lipinski definition) is 4. The number of halogens is 1. The van der Waals surface area contributed by atoms with Crippen molar-refractivity contribution in [2.45, 2.75) is 33.4 Å². The molecule has 170 valence electrons. The van der Waals surface area contributed by atoms with Gasteiger partial charge in [-0.3, -0.25) is 0 Å². The highest BCUT2D eigenvalue weighted by Crippen LogP contribution is 2.32. The van der Waals surface area contributed by atoms with Crippen molar-refractivity contribution in [3.63, 3.8) is 0 Å². The minimum atomic E-state index is 0. The molecule has 3 aromatic rings. The van der Waals surface area contributed by atoms with Gasteiger partial charge in [-0.2, -0.15) is 0 Å². The Morgan fingerprint density at radius 2 is 1.91 bits per heavy atom. The van der Waals surface area contributed by atoms with E-state index in [1.807, 2.05) is 31.5 Å². The summed E-state index contributed by atoms with van der Waals surface area (Å²) in [4.78, 5) is 9.05. The quantitative estimate of drug-likeness (QED) is 0.255. The highest BCUT2D eigenvalue weighted by Gasteiger charge is 2.13. The zero-order chi connectivity index (χ0) is 21.5. The van der Waals surface area contributed by atoms with Gasteiger partial charge in [-0.05, 0) is 49.1 Å². The van der Waals surface area contributed by atoms with Crippen LogP contribution < -0.4 is 20.1 Å². The number of guanidine groups is 1. The summed E-state index contributed by atoms with van der Waals surface area (Å²) in [6, 6.07) is 14.6. The first-order chi connectivity index (χ1) is 15.2. The van der Waals surface area contributed by atoms with Gasteiger partial charge < -0.3 is 24.7 Å². The molecule has 1 aromatic heterocycles. The molecule has 4 rings (SSSR count). The summed E-state index contributed by atoms with van der Waals surface area (Å²) in [6.07, 6.45) is 4.72. The molecule has 1 aliphatic heterocycles. The van der Waals surface area contributed by atoms with Crippen LogP contribution in [-0.4, -0.2) is 35.4 Å². The minimum Gasteiger partial charge on any atom is -0.454 e. The molecule has 8 heteroatoms. The van der Waals surface area contributed by atoms with Gasteiger partial charge in [0.2, 0.25) is 6.79 Å². The summed E-state index contributed by atoms with van der Waals surface area (Å²) in [5.41, 5.74) is 3.63. The Morgan fingerprint density at radius 1 is 1.06 bits per heavy atom. The number of aromatic nitrogens is 2. The van der Waals surface area contributed by atoms with Gasteiger partial charge in [-0.1, -0.05) is 30.3 Å². The van der Waals surface area contributed by atoms with E-state index < -0.39 is 0 Å². The van der Waals surface area contributed by atoms with E-state index in [4.69, 9.17) is 14.5 Å².